The molecule has 160 valence electrons. The van der Waals surface area contributed by atoms with Crippen molar-refractivity contribution in [3.05, 3.63) is 47.4 Å². The number of aromatic nitrogens is 2. The van der Waals surface area contributed by atoms with Gasteiger partial charge in [-0.3, -0.25) is 9.59 Å². The number of hydrogen-bond acceptors (Lipinski definition) is 5. The summed E-state index contributed by atoms with van der Waals surface area (Å²) in [5, 5.41) is 2.74. The van der Waals surface area contributed by atoms with E-state index in [9.17, 15) is 9.59 Å². The Balaban J connectivity index is 1.67. The van der Waals surface area contributed by atoms with Gasteiger partial charge in [0.2, 0.25) is 5.91 Å². The lowest BCUT2D eigenvalue weighted by molar-refractivity contribution is -0.114. The van der Waals surface area contributed by atoms with E-state index in [0.29, 0.717) is 11.3 Å². The Morgan fingerprint density at radius 2 is 1.80 bits per heavy atom. The van der Waals surface area contributed by atoms with Gasteiger partial charge in [0.15, 0.2) is 0 Å². The summed E-state index contributed by atoms with van der Waals surface area (Å²) in [4.78, 5) is 37.7. The zero-order valence-corrected chi connectivity index (χ0v) is 18.3. The first kappa shape index (κ1) is 21.7. The zero-order valence-electron chi connectivity index (χ0n) is 18.3. The van der Waals surface area contributed by atoms with Crippen LogP contribution in [0, 0.1) is 13.8 Å². The minimum absolute atomic E-state index is 0.0541. The van der Waals surface area contributed by atoms with Gasteiger partial charge in [-0.05, 0) is 57.4 Å². The summed E-state index contributed by atoms with van der Waals surface area (Å²) in [5.74, 6) is 1.69. The highest BCUT2D eigenvalue weighted by molar-refractivity contribution is 5.95. The average Bonchev–Trinajstić information content (AvgIpc) is 2.71. The zero-order chi connectivity index (χ0) is 21.7. The number of nitrogens with one attached hydrogen (secondary N) is 1. The van der Waals surface area contributed by atoms with E-state index in [1.54, 1.807) is 24.3 Å². The maximum atomic E-state index is 13.2. The van der Waals surface area contributed by atoms with Crippen molar-refractivity contribution in [2.24, 2.45) is 0 Å². The number of piperidine rings is 1. The number of hydrogen-bond donors (Lipinski definition) is 1. The first-order valence-corrected chi connectivity index (χ1v) is 10.6. The summed E-state index contributed by atoms with van der Waals surface area (Å²) in [7, 11) is 0. The fraction of sp³-hybridized carbons (Fsp3) is 0.478. The monoisotopic (exact) mass is 409 g/mol. The van der Waals surface area contributed by atoms with E-state index in [4.69, 9.17) is 0 Å². The third kappa shape index (κ3) is 5.34. The molecule has 0 spiro atoms. The highest BCUT2D eigenvalue weighted by Gasteiger charge is 2.28. The Bertz CT molecular complexity index is 869. The van der Waals surface area contributed by atoms with Gasteiger partial charge in [0, 0.05) is 55.6 Å². The molecule has 1 aromatic heterocycles. The molecule has 0 atom stereocenters. The molecule has 1 fully saturated rings. The Morgan fingerprint density at radius 1 is 1.13 bits per heavy atom. The van der Waals surface area contributed by atoms with Crippen LogP contribution in [0.15, 0.2) is 30.3 Å². The second-order valence-electron chi connectivity index (χ2n) is 7.89. The predicted octanol–water partition coefficient (Wildman–Crippen LogP) is 3.57. The minimum atomic E-state index is -0.123. The van der Waals surface area contributed by atoms with Crippen LogP contribution in [-0.4, -0.2) is 52.4 Å². The molecule has 2 heterocycles. The van der Waals surface area contributed by atoms with Crippen LogP contribution < -0.4 is 10.2 Å². The first-order chi connectivity index (χ1) is 14.4. The molecule has 1 saturated heterocycles. The lowest BCUT2D eigenvalue weighted by Crippen LogP contribution is -2.48. The molecular formula is C23H31N5O2. The summed E-state index contributed by atoms with van der Waals surface area (Å²) in [6, 6.07) is 9.38. The molecule has 1 N–H and O–H groups in total. The van der Waals surface area contributed by atoms with E-state index in [2.05, 4.69) is 27.1 Å². The lowest BCUT2D eigenvalue weighted by Gasteiger charge is -2.39. The van der Waals surface area contributed by atoms with Crippen LogP contribution in [0.25, 0.3) is 0 Å². The number of carbonyl (C=O) groups excluding carboxylic acids is 2. The second kappa shape index (κ2) is 9.69. The normalized spacial score (nSPS) is 14.5. The predicted molar refractivity (Wildman–Crippen MR) is 119 cm³/mol. The maximum Gasteiger partial charge on any atom is 0.254 e. The minimum Gasteiger partial charge on any atom is -0.356 e. The lowest BCUT2D eigenvalue weighted by atomic mass is 10.0. The van der Waals surface area contributed by atoms with Gasteiger partial charge in [0.25, 0.3) is 5.91 Å². The van der Waals surface area contributed by atoms with Gasteiger partial charge in [0.1, 0.15) is 11.6 Å². The van der Waals surface area contributed by atoms with E-state index >= 15 is 0 Å². The Morgan fingerprint density at radius 3 is 2.37 bits per heavy atom. The molecule has 7 nitrogen and oxygen atoms in total. The largest absolute Gasteiger partial charge is 0.356 e. The molecule has 0 unspecified atom stereocenters. The van der Waals surface area contributed by atoms with Gasteiger partial charge < -0.3 is 15.1 Å². The number of nitrogens with zero attached hydrogens (tertiary/aromatic N) is 4. The average molecular weight is 410 g/mol. The van der Waals surface area contributed by atoms with Crippen molar-refractivity contribution < 1.29 is 9.59 Å². The maximum absolute atomic E-state index is 13.2. The third-order valence-corrected chi connectivity index (χ3v) is 5.36. The fourth-order valence-electron chi connectivity index (χ4n) is 4.02. The molecule has 7 heteroatoms. The summed E-state index contributed by atoms with van der Waals surface area (Å²) in [6.45, 7) is 9.96. The second-order valence-corrected chi connectivity index (χ2v) is 7.89. The summed E-state index contributed by atoms with van der Waals surface area (Å²) >= 11 is 0. The number of anilines is 2. The topological polar surface area (TPSA) is 78.4 Å². The smallest absolute Gasteiger partial charge is 0.254 e. The molecule has 1 aromatic carbocycles. The van der Waals surface area contributed by atoms with Crippen molar-refractivity contribution in [2.75, 3.05) is 29.9 Å². The number of amides is 2. The van der Waals surface area contributed by atoms with E-state index in [1.807, 2.05) is 24.8 Å². The molecule has 0 saturated carbocycles. The van der Waals surface area contributed by atoms with Gasteiger partial charge >= 0.3 is 0 Å². The van der Waals surface area contributed by atoms with Crippen LogP contribution in [0.1, 0.15) is 55.0 Å². The van der Waals surface area contributed by atoms with Crippen LogP contribution in [0.5, 0.6) is 0 Å². The fourth-order valence-corrected chi connectivity index (χ4v) is 4.02. The molecule has 0 radical (unpaired) electrons. The van der Waals surface area contributed by atoms with Crippen molar-refractivity contribution in [2.45, 2.75) is 53.0 Å². The highest BCUT2D eigenvalue weighted by Crippen LogP contribution is 2.24. The van der Waals surface area contributed by atoms with Crippen LogP contribution >= 0.6 is 0 Å². The van der Waals surface area contributed by atoms with Crippen molar-refractivity contribution in [3.63, 3.8) is 0 Å². The van der Waals surface area contributed by atoms with E-state index < -0.39 is 0 Å². The molecule has 30 heavy (non-hydrogen) atoms. The molecule has 0 bridgehead atoms. The quantitative estimate of drug-likeness (QED) is 0.789. The molecule has 3 rings (SSSR count). The van der Waals surface area contributed by atoms with Gasteiger partial charge in [-0.2, -0.15) is 0 Å². The SMILES string of the molecule is CCCN(C(=O)c1ccc(NC(C)=O)cc1)C1CCN(c2cc(C)nc(C)n2)CC1. The van der Waals surface area contributed by atoms with Gasteiger partial charge in [-0.1, -0.05) is 6.92 Å². The molecular weight excluding hydrogens is 378 g/mol. The Kier molecular flexibility index (Phi) is 7.03. The summed E-state index contributed by atoms with van der Waals surface area (Å²) in [5.41, 5.74) is 2.33. The van der Waals surface area contributed by atoms with Gasteiger partial charge in [-0.25, -0.2) is 9.97 Å². The number of rotatable bonds is 6. The summed E-state index contributed by atoms with van der Waals surface area (Å²) < 4.78 is 0. The number of aryl methyl sites for hydroxylation is 2. The third-order valence-electron chi connectivity index (χ3n) is 5.36. The number of carbonyl (C=O) groups is 2. The summed E-state index contributed by atoms with van der Waals surface area (Å²) in [6.07, 6.45) is 2.75. The Labute approximate surface area is 178 Å². The number of benzene rings is 1. The van der Waals surface area contributed by atoms with Crippen molar-refractivity contribution in [1.29, 1.82) is 0 Å². The Hall–Kier alpha value is -2.96. The first-order valence-electron chi connectivity index (χ1n) is 10.6. The van der Waals surface area contributed by atoms with Crippen LogP contribution in [0.4, 0.5) is 11.5 Å². The standard InChI is InChI=1S/C23H31N5O2/c1-5-12-28(23(30)19-6-8-20(9-7-19)26-18(4)29)21-10-13-27(14-11-21)22-15-16(2)24-17(3)25-22/h6-9,15,21H,5,10-14H2,1-4H3,(H,26,29). The van der Waals surface area contributed by atoms with Crippen molar-refractivity contribution in [1.82, 2.24) is 14.9 Å². The van der Waals surface area contributed by atoms with E-state index in [1.165, 1.54) is 6.92 Å². The van der Waals surface area contributed by atoms with Gasteiger partial charge in [0.05, 0.1) is 0 Å². The highest BCUT2D eigenvalue weighted by atomic mass is 16.2. The molecule has 1 aliphatic rings. The molecule has 2 aromatic rings. The van der Waals surface area contributed by atoms with E-state index in [-0.39, 0.29) is 17.9 Å². The molecule has 2 amide bonds. The van der Waals surface area contributed by atoms with Crippen LogP contribution in [-0.2, 0) is 4.79 Å². The van der Waals surface area contributed by atoms with Crippen molar-refractivity contribution >= 4 is 23.3 Å². The van der Waals surface area contributed by atoms with Crippen molar-refractivity contribution in [3.8, 4) is 0 Å². The van der Waals surface area contributed by atoms with Gasteiger partial charge in [-0.15, -0.1) is 0 Å². The molecule has 1 aliphatic heterocycles. The van der Waals surface area contributed by atoms with Crippen LogP contribution in [0.3, 0.4) is 0 Å². The molecule has 0 aliphatic carbocycles. The van der Waals surface area contributed by atoms with E-state index in [0.717, 1.165) is 56.2 Å². The van der Waals surface area contributed by atoms with Crippen LogP contribution in [0.2, 0.25) is 0 Å².